The SMILES string of the molecule is CC(C)CCCC(C)C1CCC2C3CC=C4CC(OC(C)C(F)(F)F)CCC4(C)C3CCC12C. The van der Waals surface area contributed by atoms with Crippen molar-refractivity contribution in [2.75, 3.05) is 0 Å². The molecule has 0 aromatic carbocycles. The molecule has 3 saturated carbocycles. The second kappa shape index (κ2) is 9.75. The number of hydrogen-bond acceptors (Lipinski definition) is 1. The minimum absolute atomic E-state index is 0.159. The zero-order chi connectivity index (χ0) is 24.9. The van der Waals surface area contributed by atoms with Gasteiger partial charge in [0.1, 0.15) is 0 Å². The van der Waals surface area contributed by atoms with Crippen LogP contribution in [0.2, 0.25) is 0 Å². The summed E-state index contributed by atoms with van der Waals surface area (Å²) in [6.45, 7) is 13.4. The summed E-state index contributed by atoms with van der Waals surface area (Å²) >= 11 is 0. The van der Waals surface area contributed by atoms with Crippen LogP contribution in [0.25, 0.3) is 0 Å². The van der Waals surface area contributed by atoms with Gasteiger partial charge in [-0.05, 0) is 105 Å². The maximum Gasteiger partial charge on any atom is 0.414 e. The van der Waals surface area contributed by atoms with Crippen molar-refractivity contribution in [3.8, 4) is 0 Å². The number of hydrogen-bond donors (Lipinski definition) is 0. The summed E-state index contributed by atoms with van der Waals surface area (Å²) in [4.78, 5) is 0. The highest BCUT2D eigenvalue weighted by Gasteiger charge is 2.59. The molecule has 0 aromatic rings. The van der Waals surface area contributed by atoms with Gasteiger partial charge in [0.2, 0.25) is 0 Å². The fourth-order valence-electron chi connectivity index (χ4n) is 9.13. The Kier molecular flexibility index (Phi) is 7.61. The van der Waals surface area contributed by atoms with Gasteiger partial charge < -0.3 is 4.74 Å². The third kappa shape index (κ3) is 4.88. The monoisotopic (exact) mass is 482 g/mol. The third-order valence-corrected chi connectivity index (χ3v) is 11.1. The van der Waals surface area contributed by atoms with E-state index in [1.54, 1.807) is 0 Å². The van der Waals surface area contributed by atoms with Crippen molar-refractivity contribution in [3.63, 3.8) is 0 Å². The Bertz CT molecular complexity index is 742. The number of fused-ring (bicyclic) bond motifs is 5. The average Bonchev–Trinajstić information content (AvgIpc) is 3.10. The Hall–Kier alpha value is -0.510. The lowest BCUT2D eigenvalue weighted by Gasteiger charge is -2.58. The summed E-state index contributed by atoms with van der Waals surface area (Å²) in [6, 6.07) is 0. The first-order chi connectivity index (χ1) is 15.9. The van der Waals surface area contributed by atoms with Gasteiger partial charge in [0.25, 0.3) is 0 Å². The summed E-state index contributed by atoms with van der Waals surface area (Å²) in [5, 5.41) is 0. The number of alkyl halides is 3. The number of allylic oxidation sites excluding steroid dienone is 1. The Morgan fingerprint density at radius 2 is 1.71 bits per heavy atom. The molecule has 1 nitrogen and oxygen atoms in total. The van der Waals surface area contributed by atoms with Gasteiger partial charge >= 0.3 is 6.18 Å². The van der Waals surface area contributed by atoms with Crippen LogP contribution < -0.4 is 0 Å². The maximum atomic E-state index is 13.0. The molecular formula is C30H49F3O. The molecule has 0 N–H and O–H groups in total. The van der Waals surface area contributed by atoms with Crippen LogP contribution >= 0.6 is 0 Å². The van der Waals surface area contributed by atoms with E-state index in [-0.39, 0.29) is 11.5 Å². The highest BCUT2D eigenvalue weighted by atomic mass is 19.4. The van der Waals surface area contributed by atoms with Crippen LogP contribution in [-0.4, -0.2) is 18.4 Å². The van der Waals surface area contributed by atoms with Crippen molar-refractivity contribution in [2.45, 2.75) is 131 Å². The molecule has 0 amide bonds. The topological polar surface area (TPSA) is 9.23 Å². The van der Waals surface area contributed by atoms with E-state index in [0.717, 1.165) is 55.8 Å². The Morgan fingerprint density at radius 3 is 2.38 bits per heavy atom. The molecule has 0 aromatic heterocycles. The Labute approximate surface area is 206 Å². The molecule has 9 unspecified atom stereocenters. The first kappa shape index (κ1) is 26.6. The molecule has 196 valence electrons. The van der Waals surface area contributed by atoms with Crippen LogP contribution in [0.3, 0.4) is 0 Å². The van der Waals surface area contributed by atoms with Crippen molar-refractivity contribution in [3.05, 3.63) is 11.6 Å². The molecule has 4 rings (SSSR count). The molecule has 0 saturated heterocycles. The van der Waals surface area contributed by atoms with Gasteiger partial charge in [-0.15, -0.1) is 0 Å². The molecule has 4 heteroatoms. The summed E-state index contributed by atoms with van der Waals surface area (Å²) < 4.78 is 44.6. The quantitative estimate of drug-likeness (QED) is 0.328. The van der Waals surface area contributed by atoms with Crippen molar-refractivity contribution in [1.29, 1.82) is 0 Å². The van der Waals surface area contributed by atoms with Crippen LogP contribution in [0.15, 0.2) is 11.6 Å². The second-order valence-electron chi connectivity index (χ2n) is 13.5. The van der Waals surface area contributed by atoms with Crippen LogP contribution in [0, 0.1) is 46.3 Å². The van der Waals surface area contributed by atoms with Gasteiger partial charge in [-0.2, -0.15) is 13.2 Å². The summed E-state index contributed by atoms with van der Waals surface area (Å²) in [6.07, 6.45) is 9.27. The second-order valence-corrected chi connectivity index (χ2v) is 13.5. The number of halogens is 3. The van der Waals surface area contributed by atoms with E-state index in [1.165, 1.54) is 50.5 Å². The third-order valence-electron chi connectivity index (χ3n) is 11.1. The lowest BCUT2D eigenvalue weighted by Crippen LogP contribution is -2.51. The van der Waals surface area contributed by atoms with Crippen LogP contribution in [-0.2, 0) is 4.74 Å². The number of ether oxygens (including phenoxy) is 1. The molecule has 4 aliphatic rings. The van der Waals surface area contributed by atoms with Gasteiger partial charge in [0, 0.05) is 0 Å². The minimum atomic E-state index is -4.27. The van der Waals surface area contributed by atoms with E-state index in [9.17, 15) is 13.2 Å². The molecule has 0 bridgehead atoms. The van der Waals surface area contributed by atoms with Crippen molar-refractivity contribution < 1.29 is 17.9 Å². The van der Waals surface area contributed by atoms with E-state index in [1.807, 2.05) is 0 Å². The first-order valence-corrected chi connectivity index (χ1v) is 14.3. The smallest absolute Gasteiger partial charge is 0.366 e. The molecule has 34 heavy (non-hydrogen) atoms. The van der Waals surface area contributed by atoms with E-state index in [4.69, 9.17) is 4.74 Å². The zero-order valence-corrected chi connectivity index (χ0v) is 22.5. The standard InChI is InChI=1S/C30H49F3O/c1-19(2)8-7-9-20(3)25-12-13-26-24-11-10-22-18-23(34-21(4)30(31,32)33)14-16-28(22,5)27(24)15-17-29(25,26)6/h10,19-21,23-27H,7-9,11-18H2,1-6H3. The summed E-state index contributed by atoms with van der Waals surface area (Å²) in [5.74, 6) is 4.75. The van der Waals surface area contributed by atoms with Gasteiger partial charge in [0.15, 0.2) is 6.10 Å². The van der Waals surface area contributed by atoms with Crippen LogP contribution in [0.1, 0.15) is 112 Å². The van der Waals surface area contributed by atoms with E-state index in [0.29, 0.717) is 17.8 Å². The fraction of sp³-hybridized carbons (Fsp3) is 0.933. The first-order valence-electron chi connectivity index (χ1n) is 14.3. The summed E-state index contributed by atoms with van der Waals surface area (Å²) in [7, 11) is 0. The lowest BCUT2D eigenvalue weighted by atomic mass is 9.47. The average molecular weight is 483 g/mol. The van der Waals surface area contributed by atoms with Crippen molar-refractivity contribution in [2.24, 2.45) is 46.3 Å². The molecule has 4 aliphatic carbocycles. The van der Waals surface area contributed by atoms with E-state index < -0.39 is 12.3 Å². The Morgan fingerprint density at radius 1 is 0.971 bits per heavy atom. The van der Waals surface area contributed by atoms with E-state index >= 15 is 0 Å². The van der Waals surface area contributed by atoms with Gasteiger partial charge in [0.05, 0.1) is 6.10 Å². The number of rotatable bonds is 7. The zero-order valence-electron chi connectivity index (χ0n) is 22.5. The largest absolute Gasteiger partial charge is 0.414 e. The van der Waals surface area contributed by atoms with E-state index in [2.05, 4.69) is 40.7 Å². The fourth-order valence-corrected chi connectivity index (χ4v) is 9.13. The molecule has 0 radical (unpaired) electrons. The molecule has 9 atom stereocenters. The molecule has 0 spiro atoms. The molecule has 3 fully saturated rings. The molecule has 0 aliphatic heterocycles. The lowest BCUT2D eigenvalue weighted by molar-refractivity contribution is -0.229. The predicted molar refractivity (Wildman–Crippen MR) is 133 cm³/mol. The van der Waals surface area contributed by atoms with Crippen LogP contribution in [0.4, 0.5) is 13.2 Å². The van der Waals surface area contributed by atoms with Gasteiger partial charge in [-0.25, -0.2) is 0 Å². The Balaban J connectivity index is 1.44. The molecular weight excluding hydrogens is 433 g/mol. The highest BCUT2D eigenvalue weighted by molar-refractivity contribution is 5.25. The highest BCUT2D eigenvalue weighted by Crippen LogP contribution is 2.67. The summed E-state index contributed by atoms with van der Waals surface area (Å²) in [5.41, 5.74) is 2.04. The van der Waals surface area contributed by atoms with Crippen LogP contribution in [0.5, 0.6) is 0 Å². The minimum Gasteiger partial charge on any atom is -0.366 e. The molecule has 0 heterocycles. The predicted octanol–water partition coefficient (Wildman–Crippen LogP) is 9.36. The maximum absolute atomic E-state index is 13.0. The van der Waals surface area contributed by atoms with Crippen molar-refractivity contribution in [1.82, 2.24) is 0 Å². The van der Waals surface area contributed by atoms with Crippen molar-refractivity contribution >= 4 is 0 Å². The van der Waals surface area contributed by atoms with Gasteiger partial charge in [-0.1, -0.05) is 65.5 Å². The normalized spacial score (nSPS) is 41.9. The van der Waals surface area contributed by atoms with Gasteiger partial charge in [-0.3, -0.25) is 0 Å².